The lowest BCUT2D eigenvalue weighted by Gasteiger charge is -2.14. The average molecular weight is 215 g/mol. The van der Waals surface area contributed by atoms with Gasteiger partial charge in [0.25, 0.3) is 0 Å². The van der Waals surface area contributed by atoms with E-state index in [2.05, 4.69) is 0 Å². The van der Waals surface area contributed by atoms with E-state index in [1.807, 2.05) is 26.0 Å². The molecule has 0 saturated carbocycles. The van der Waals surface area contributed by atoms with Crippen LogP contribution in [0.15, 0.2) is 24.3 Å². The lowest BCUT2D eigenvalue weighted by molar-refractivity contribution is 0.0678. The Hall–Kier alpha value is -0.730. The van der Waals surface area contributed by atoms with Crippen LogP contribution in [0.4, 0.5) is 0 Å². The number of aromatic hydroxyl groups is 1. The first kappa shape index (κ1) is 11.3. The number of ether oxygens (including phenoxy) is 1. The van der Waals surface area contributed by atoms with E-state index in [4.69, 9.17) is 21.4 Å². The Bertz CT molecular complexity index is 269. The first-order valence-electron chi connectivity index (χ1n) is 4.64. The van der Waals surface area contributed by atoms with Crippen molar-refractivity contribution >= 4 is 11.6 Å². The Morgan fingerprint density at radius 3 is 2.36 bits per heavy atom. The van der Waals surface area contributed by atoms with Crippen molar-refractivity contribution in [2.75, 3.05) is 6.61 Å². The van der Waals surface area contributed by atoms with Gasteiger partial charge in [-0.2, -0.15) is 0 Å². The third-order valence-corrected chi connectivity index (χ3v) is 2.06. The summed E-state index contributed by atoms with van der Waals surface area (Å²) in [5.74, 6) is 0.270. The lowest BCUT2D eigenvalue weighted by Crippen LogP contribution is -2.08. The highest BCUT2D eigenvalue weighted by atomic mass is 35.5. The highest BCUT2D eigenvalue weighted by Gasteiger charge is 2.06. The molecule has 2 atom stereocenters. The minimum absolute atomic E-state index is 0.0109. The largest absolute Gasteiger partial charge is 0.508 e. The van der Waals surface area contributed by atoms with Gasteiger partial charge in [0.1, 0.15) is 5.75 Å². The topological polar surface area (TPSA) is 29.5 Å². The summed E-state index contributed by atoms with van der Waals surface area (Å²) in [6.45, 7) is 4.39. The van der Waals surface area contributed by atoms with Crippen molar-refractivity contribution in [3.63, 3.8) is 0 Å². The van der Waals surface area contributed by atoms with Gasteiger partial charge >= 0.3 is 0 Å². The second-order valence-corrected chi connectivity index (χ2v) is 4.09. The van der Waals surface area contributed by atoms with Crippen molar-refractivity contribution in [1.82, 2.24) is 0 Å². The minimum atomic E-state index is 0.0109. The second kappa shape index (κ2) is 5.23. The van der Waals surface area contributed by atoms with E-state index in [0.717, 1.165) is 5.56 Å². The molecule has 0 aliphatic carbocycles. The van der Waals surface area contributed by atoms with Crippen LogP contribution < -0.4 is 0 Å². The summed E-state index contributed by atoms with van der Waals surface area (Å²) in [6, 6.07) is 7.00. The molecule has 0 aliphatic heterocycles. The number of phenolic OH excluding ortho intramolecular Hbond substituents is 1. The molecular formula is C11H15ClO2. The van der Waals surface area contributed by atoms with E-state index in [1.165, 1.54) is 0 Å². The maximum Gasteiger partial charge on any atom is 0.115 e. The summed E-state index contributed by atoms with van der Waals surface area (Å²) < 4.78 is 5.52. The molecule has 2 nitrogen and oxygen atoms in total. The van der Waals surface area contributed by atoms with Gasteiger partial charge in [-0.1, -0.05) is 12.1 Å². The van der Waals surface area contributed by atoms with Crippen molar-refractivity contribution in [3.05, 3.63) is 29.8 Å². The summed E-state index contributed by atoms with van der Waals surface area (Å²) in [7, 11) is 0. The van der Waals surface area contributed by atoms with Crippen LogP contribution in [0.5, 0.6) is 5.75 Å². The molecule has 0 radical (unpaired) electrons. The number of hydrogen-bond donors (Lipinski definition) is 1. The summed E-state index contributed by atoms with van der Waals surface area (Å²) in [4.78, 5) is 0. The van der Waals surface area contributed by atoms with Crippen molar-refractivity contribution < 1.29 is 9.84 Å². The average Bonchev–Trinajstić information content (AvgIpc) is 2.15. The van der Waals surface area contributed by atoms with Crippen molar-refractivity contribution in [2.45, 2.75) is 25.3 Å². The third kappa shape index (κ3) is 3.56. The monoisotopic (exact) mass is 214 g/mol. The standard InChI is InChI=1S/C11H15ClO2/c1-8(12)7-14-9(2)10-3-5-11(13)6-4-10/h3-6,8-9,13H,7H2,1-2H3. The Balaban J connectivity index is 2.52. The molecule has 14 heavy (non-hydrogen) atoms. The molecule has 0 bridgehead atoms. The highest BCUT2D eigenvalue weighted by Crippen LogP contribution is 2.19. The fourth-order valence-electron chi connectivity index (χ4n) is 1.12. The van der Waals surface area contributed by atoms with Crippen molar-refractivity contribution in [2.24, 2.45) is 0 Å². The van der Waals surface area contributed by atoms with Crippen LogP contribution in [0.3, 0.4) is 0 Å². The van der Waals surface area contributed by atoms with Gasteiger partial charge in [-0.3, -0.25) is 0 Å². The number of hydrogen-bond acceptors (Lipinski definition) is 2. The Labute approximate surface area is 89.5 Å². The number of halogens is 1. The predicted molar refractivity (Wildman–Crippen MR) is 57.8 cm³/mol. The van der Waals surface area contributed by atoms with Gasteiger partial charge in [0.2, 0.25) is 0 Å². The van der Waals surface area contributed by atoms with Gasteiger partial charge in [-0.25, -0.2) is 0 Å². The Kier molecular flexibility index (Phi) is 4.23. The summed E-state index contributed by atoms with van der Waals surface area (Å²) in [6.07, 6.45) is 0.0109. The van der Waals surface area contributed by atoms with Crippen LogP contribution in [-0.2, 0) is 4.74 Å². The van der Waals surface area contributed by atoms with Crippen LogP contribution >= 0.6 is 11.6 Å². The van der Waals surface area contributed by atoms with Gasteiger partial charge < -0.3 is 9.84 Å². The Morgan fingerprint density at radius 1 is 1.29 bits per heavy atom. The molecule has 1 N–H and O–H groups in total. The number of alkyl halides is 1. The zero-order valence-corrected chi connectivity index (χ0v) is 9.16. The van der Waals surface area contributed by atoms with Crippen molar-refractivity contribution in [3.8, 4) is 5.75 Å². The van der Waals surface area contributed by atoms with Crippen LogP contribution in [0.25, 0.3) is 0 Å². The SMILES string of the molecule is CC(Cl)COC(C)c1ccc(O)cc1. The van der Waals surface area contributed by atoms with Gasteiger partial charge in [-0.15, -0.1) is 11.6 Å². The zero-order valence-electron chi connectivity index (χ0n) is 8.40. The number of benzene rings is 1. The molecule has 0 heterocycles. The van der Waals surface area contributed by atoms with E-state index < -0.39 is 0 Å². The molecule has 1 aromatic carbocycles. The molecule has 78 valence electrons. The van der Waals surface area contributed by atoms with E-state index in [1.54, 1.807) is 12.1 Å². The molecule has 1 aromatic rings. The molecule has 0 amide bonds. The van der Waals surface area contributed by atoms with E-state index in [-0.39, 0.29) is 17.2 Å². The summed E-state index contributed by atoms with van der Waals surface area (Å²) in [5.41, 5.74) is 1.04. The van der Waals surface area contributed by atoms with E-state index in [0.29, 0.717) is 6.61 Å². The maximum atomic E-state index is 9.09. The molecule has 1 rings (SSSR count). The molecule has 0 saturated heterocycles. The fourth-order valence-corrected chi connectivity index (χ4v) is 1.19. The number of rotatable bonds is 4. The van der Waals surface area contributed by atoms with Gasteiger partial charge in [0.05, 0.1) is 18.1 Å². The molecular weight excluding hydrogens is 200 g/mol. The van der Waals surface area contributed by atoms with Crippen molar-refractivity contribution in [1.29, 1.82) is 0 Å². The quantitative estimate of drug-likeness (QED) is 0.781. The fraction of sp³-hybridized carbons (Fsp3) is 0.455. The van der Waals surface area contributed by atoms with E-state index in [9.17, 15) is 0 Å². The maximum absolute atomic E-state index is 9.09. The lowest BCUT2D eigenvalue weighted by atomic mass is 10.1. The molecule has 2 unspecified atom stereocenters. The molecule has 0 aliphatic rings. The molecule has 0 fully saturated rings. The number of phenols is 1. The zero-order chi connectivity index (χ0) is 10.6. The van der Waals surface area contributed by atoms with Crippen LogP contribution in [0.2, 0.25) is 0 Å². The summed E-state index contributed by atoms with van der Waals surface area (Å²) >= 11 is 5.77. The minimum Gasteiger partial charge on any atom is -0.508 e. The van der Waals surface area contributed by atoms with Crippen LogP contribution in [0, 0.1) is 0 Å². The second-order valence-electron chi connectivity index (χ2n) is 3.35. The van der Waals surface area contributed by atoms with E-state index >= 15 is 0 Å². The summed E-state index contributed by atoms with van der Waals surface area (Å²) in [5, 5.41) is 9.12. The molecule has 3 heteroatoms. The molecule has 0 spiro atoms. The normalized spacial score (nSPS) is 15.1. The third-order valence-electron chi connectivity index (χ3n) is 1.94. The first-order chi connectivity index (χ1) is 6.59. The Morgan fingerprint density at radius 2 is 1.86 bits per heavy atom. The van der Waals surface area contributed by atoms with Crippen LogP contribution in [0.1, 0.15) is 25.5 Å². The predicted octanol–water partition coefficient (Wildman–Crippen LogP) is 3.10. The van der Waals surface area contributed by atoms with Gasteiger partial charge in [-0.05, 0) is 31.5 Å². The first-order valence-corrected chi connectivity index (χ1v) is 5.08. The smallest absolute Gasteiger partial charge is 0.115 e. The van der Waals surface area contributed by atoms with Gasteiger partial charge in [0, 0.05) is 0 Å². The molecule has 0 aromatic heterocycles. The van der Waals surface area contributed by atoms with Crippen LogP contribution in [-0.4, -0.2) is 17.1 Å². The van der Waals surface area contributed by atoms with Gasteiger partial charge in [0.15, 0.2) is 0 Å². The highest BCUT2D eigenvalue weighted by molar-refractivity contribution is 6.20.